The van der Waals surface area contributed by atoms with E-state index in [0.717, 1.165) is 131 Å². The zero-order valence-electron chi connectivity index (χ0n) is 70.9. The van der Waals surface area contributed by atoms with Gasteiger partial charge < -0.3 is 41.7 Å². The molecule has 12 aliphatic rings. The average molecular weight is 1720 g/mol. The van der Waals surface area contributed by atoms with Gasteiger partial charge in [-0.3, -0.25) is 96.9 Å². The summed E-state index contributed by atoms with van der Waals surface area (Å²) in [5.41, 5.74) is 15.0. The monoisotopic (exact) mass is 1720 g/mol. The Morgan fingerprint density at radius 2 is 0.856 bits per heavy atom. The molecule has 6 saturated heterocycles. The molecule has 0 spiro atoms. The molecule has 8 N–H and O–H groups in total. The smallest absolute Gasteiger partial charge is 0.264 e. The molecule has 9 aliphatic heterocycles. The van der Waals surface area contributed by atoms with Crippen LogP contribution < -0.4 is 37.6 Å². The van der Waals surface area contributed by atoms with Crippen molar-refractivity contribution in [2.45, 2.75) is 216 Å². The van der Waals surface area contributed by atoms with Gasteiger partial charge in [0.2, 0.25) is 47.3 Å². The molecule has 0 radical (unpaired) electrons. The molecule has 654 valence electrons. The van der Waals surface area contributed by atoms with Crippen molar-refractivity contribution in [2.75, 3.05) is 55.2 Å². The van der Waals surface area contributed by atoms with Crippen LogP contribution in [0.1, 0.15) is 236 Å². The molecule has 3 unspecified atom stereocenters. The maximum Gasteiger partial charge on any atom is 0.264 e. The van der Waals surface area contributed by atoms with E-state index < -0.39 is 47.3 Å². The van der Waals surface area contributed by atoms with Gasteiger partial charge in [0.15, 0.2) is 0 Å². The second-order valence-corrected chi connectivity index (χ2v) is 36.3. The van der Waals surface area contributed by atoms with Crippen LogP contribution >= 0.6 is 12.4 Å². The number of piperidine rings is 6. The van der Waals surface area contributed by atoms with Gasteiger partial charge in [-0.1, -0.05) is 107 Å². The van der Waals surface area contributed by atoms with Crippen LogP contribution in [0.4, 0.5) is 17.1 Å². The lowest BCUT2D eigenvalue weighted by Gasteiger charge is -2.46. The number of allylic oxidation sites excluding steroid dienone is 1. The molecule has 31 nitrogen and oxygen atoms in total. The Kier molecular flexibility index (Phi) is 23.6. The molecule has 125 heavy (non-hydrogen) atoms. The maximum absolute atomic E-state index is 13.7. The number of carbonyl (C=O) groups excluding carboxylic acids is 12. The summed E-state index contributed by atoms with van der Waals surface area (Å²) in [4.78, 5) is 163. The molecule has 3 atom stereocenters. The number of fused-ring (bicyclic) bond motifs is 3. The van der Waals surface area contributed by atoms with Crippen molar-refractivity contribution >= 4 is 112 Å². The number of imide groups is 3. The fourth-order valence-electron chi connectivity index (χ4n) is 20.0. The average Bonchev–Trinajstić information content (AvgIpc) is 1.65. The highest BCUT2D eigenvalue weighted by Gasteiger charge is 2.51. The van der Waals surface area contributed by atoms with Crippen molar-refractivity contribution in [1.29, 1.82) is 0 Å². The zero-order chi connectivity index (χ0) is 86.9. The van der Waals surface area contributed by atoms with Crippen molar-refractivity contribution in [3.05, 3.63) is 203 Å². The third-order valence-electron chi connectivity index (χ3n) is 28.3. The number of hydrogen-bond donors (Lipinski definition) is 7. The lowest BCUT2D eigenvalue weighted by atomic mass is 9.69. The van der Waals surface area contributed by atoms with Crippen LogP contribution in [-0.2, 0) is 69.1 Å². The minimum Gasteiger partial charge on any atom is -0.380 e. The van der Waals surface area contributed by atoms with Crippen LogP contribution in [0, 0.1) is 10.8 Å². The third-order valence-corrected chi connectivity index (χ3v) is 28.3. The number of likely N-dealkylation sites (tertiary alicyclic amines) is 3. The minimum absolute atomic E-state index is 0. The molecular weight excluding hydrogens is 1610 g/mol. The van der Waals surface area contributed by atoms with Gasteiger partial charge in [-0.2, -0.15) is 15.3 Å². The summed E-state index contributed by atoms with van der Waals surface area (Å²) in [7, 11) is 0. The van der Waals surface area contributed by atoms with Crippen LogP contribution in [-0.4, -0.2) is 193 Å². The molecule has 3 aromatic heterocycles. The molecule has 3 aliphatic carbocycles. The van der Waals surface area contributed by atoms with Gasteiger partial charge in [-0.05, 0) is 146 Å². The van der Waals surface area contributed by atoms with Gasteiger partial charge in [0.05, 0.1) is 63.5 Å². The Labute approximate surface area is 731 Å². The second-order valence-electron chi connectivity index (χ2n) is 36.3. The van der Waals surface area contributed by atoms with E-state index in [1.165, 1.54) is 15.4 Å². The summed E-state index contributed by atoms with van der Waals surface area (Å²) in [5, 5.41) is 31.5. The zero-order valence-corrected chi connectivity index (χ0v) is 71.8. The molecule has 12 amide bonds. The molecule has 4 aromatic carbocycles. The Morgan fingerprint density at radius 1 is 0.440 bits per heavy atom. The first-order valence-corrected chi connectivity index (χ1v) is 43.6. The van der Waals surface area contributed by atoms with Gasteiger partial charge in [0.25, 0.3) is 23.6 Å². The SMILES string of the molecule is C=C1CCC(N2C(=O)c3cccc(NCc4cnn(C5CCN(C(=O)C6(N)CCC6)CC5)c4)c3C2=O)C(=O)N1.C=C1c2cccc(NCc3cnn(C4(C)CCN(C(=O)C5(C)CCC5)CC4)c3)c2C(=O)N1C1CCC(=O)NC1=O.C=C1c2cccc(NCc3cnn(C4(c5ccccc5)CCN(C(=O)C5(C)CCC5)CC4)c3)c2C(=O)N1C1CCC(=O)NC1=O.Cl. The third kappa shape index (κ3) is 16.1. The number of benzene rings is 4. The van der Waals surface area contributed by atoms with E-state index >= 15 is 0 Å². The molecule has 12 heterocycles. The highest BCUT2D eigenvalue weighted by molar-refractivity contribution is 6.25. The van der Waals surface area contributed by atoms with Crippen molar-refractivity contribution in [2.24, 2.45) is 16.6 Å². The van der Waals surface area contributed by atoms with Crippen LogP contribution in [0.3, 0.4) is 0 Å². The summed E-state index contributed by atoms with van der Waals surface area (Å²) in [5.74, 6) is -2.85. The van der Waals surface area contributed by atoms with Crippen LogP contribution in [0.5, 0.6) is 0 Å². The largest absolute Gasteiger partial charge is 0.380 e. The summed E-state index contributed by atoms with van der Waals surface area (Å²) in [6.07, 6.45) is 27.0. The standard InChI is InChI=1S/C35H38N6O4.C30H36N6O4.C28H33N7O4.ClH/c1-23-26-10-6-11-27(30(26)32(44)41(23)28-12-13-29(42)38-31(28)43)36-20-24-21-37-40(22-24)35(25-8-4-3-5-9-25)16-18-39(19-17-35)33(45)34(2)14-7-15-34;1-19-21-6-4-7-22(25(21)27(39)36(19)23-8-9-24(37)33-26(23)38)31-16-20-17-32-35(18-20)30(3)12-14-34(15-13-30)28(40)29(2)10-5-11-29;1-17-6-7-22(24(36)32-17)35-25(37)20-4-2-5-21(23(20)26(35)38)30-14-18-15-31-34(16-18)19-8-12-33(13-9-19)27(39)28(29)10-3-11-28;/h3-6,8-11,21-22,28,36H,1,7,12-20H2,2H3,(H,38,42,43);4,6-7,17-18,23,31H,1,5,8-16H2,2-3H3,(H,33,37,38);2,4-5,15-16,19,22,30H,1,3,6-14,29H2,(H,32,36);1H. The highest BCUT2D eigenvalue weighted by atomic mass is 35.5. The maximum atomic E-state index is 13.7. The number of nitrogens with two attached hydrogens (primary N) is 1. The van der Waals surface area contributed by atoms with E-state index in [0.29, 0.717) is 127 Å². The molecule has 19 rings (SSSR count). The van der Waals surface area contributed by atoms with Gasteiger partial charge in [-0.15, -0.1) is 12.4 Å². The van der Waals surface area contributed by atoms with Crippen molar-refractivity contribution < 1.29 is 57.5 Å². The van der Waals surface area contributed by atoms with Gasteiger partial charge in [-0.25, -0.2) is 0 Å². The summed E-state index contributed by atoms with van der Waals surface area (Å²) >= 11 is 0. The molecule has 7 aromatic rings. The number of hydrogen-bond acceptors (Lipinski definition) is 19. The minimum atomic E-state index is -0.847. The summed E-state index contributed by atoms with van der Waals surface area (Å²) in [6.45, 7) is 23.9. The quantitative estimate of drug-likeness (QED) is 0.0370. The number of rotatable bonds is 19. The van der Waals surface area contributed by atoms with E-state index in [2.05, 4.69) is 118 Å². The van der Waals surface area contributed by atoms with E-state index in [-0.39, 0.29) is 113 Å². The fourth-order valence-corrected chi connectivity index (χ4v) is 20.0. The number of carbonyl (C=O) groups is 12. The van der Waals surface area contributed by atoms with Gasteiger partial charge in [0.1, 0.15) is 18.1 Å². The summed E-state index contributed by atoms with van der Waals surface area (Å²) < 4.78 is 6.02. The Bertz CT molecular complexity index is 5560. The predicted molar refractivity (Wildman–Crippen MR) is 467 cm³/mol. The Hall–Kier alpha value is -12.4. The molecule has 32 heteroatoms. The van der Waals surface area contributed by atoms with Gasteiger partial charge in [0, 0.05) is 163 Å². The summed E-state index contributed by atoms with van der Waals surface area (Å²) in [6, 6.07) is 24.4. The number of aromatic nitrogens is 6. The van der Waals surface area contributed by atoms with Crippen LogP contribution in [0.2, 0.25) is 0 Å². The molecular formula is C93H108ClN19O12. The van der Waals surface area contributed by atoms with E-state index in [9.17, 15) is 57.5 Å². The van der Waals surface area contributed by atoms with Crippen LogP contribution in [0.25, 0.3) is 11.4 Å². The first kappa shape index (κ1) is 86.2. The second kappa shape index (κ2) is 34.3. The van der Waals surface area contributed by atoms with Crippen LogP contribution in [0.15, 0.2) is 148 Å². The van der Waals surface area contributed by atoms with Crippen molar-refractivity contribution in [3.63, 3.8) is 0 Å². The highest BCUT2D eigenvalue weighted by Crippen LogP contribution is 2.48. The van der Waals surface area contributed by atoms with Crippen molar-refractivity contribution in [3.8, 4) is 0 Å². The van der Waals surface area contributed by atoms with E-state index in [1.807, 2.05) is 91.3 Å². The topological polar surface area (TPSA) is 376 Å². The number of halogens is 1. The fraction of sp³-hybridized carbons (Fsp3) is 0.452. The van der Waals surface area contributed by atoms with Crippen molar-refractivity contribution in [1.82, 2.24) is 74.7 Å². The normalized spacial score (nSPS) is 22.6. The van der Waals surface area contributed by atoms with E-state index in [1.54, 1.807) is 24.4 Å². The lowest BCUT2D eigenvalue weighted by Crippen LogP contribution is -2.60. The Balaban J connectivity index is 0.000000138. The molecule has 3 saturated carbocycles. The number of anilines is 3. The first-order valence-electron chi connectivity index (χ1n) is 43.6. The molecule has 9 fully saturated rings. The lowest BCUT2D eigenvalue weighted by molar-refractivity contribution is -0.148. The number of nitrogens with one attached hydrogen (secondary N) is 6. The number of amides is 12. The number of nitrogens with zero attached hydrogens (tertiary/aromatic N) is 12. The van der Waals surface area contributed by atoms with E-state index in [4.69, 9.17) is 10.8 Å². The Morgan fingerprint density at radius 3 is 1.33 bits per heavy atom. The first-order chi connectivity index (χ1) is 59.5. The van der Waals surface area contributed by atoms with Gasteiger partial charge >= 0.3 is 0 Å². The molecule has 0 bridgehead atoms. The predicted octanol–water partition coefficient (Wildman–Crippen LogP) is 9.89.